The molecule has 9 heteroatoms. The van der Waals surface area contributed by atoms with E-state index in [-0.39, 0.29) is 25.0 Å². The molecule has 148 valence electrons. The maximum atomic E-state index is 12.8. The summed E-state index contributed by atoms with van der Waals surface area (Å²) in [5, 5.41) is 8.45. The number of hydrogen-bond acceptors (Lipinski definition) is 5. The van der Waals surface area contributed by atoms with Gasteiger partial charge in [-0.05, 0) is 26.3 Å². The molecule has 0 bridgehead atoms. The van der Waals surface area contributed by atoms with Crippen LogP contribution in [-0.4, -0.2) is 59.1 Å². The van der Waals surface area contributed by atoms with Crippen molar-refractivity contribution in [3.63, 3.8) is 0 Å². The van der Waals surface area contributed by atoms with Crippen molar-refractivity contribution in [2.45, 2.75) is 39.0 Å². The van der Waals surface area contributed by atoms with Crippen LogP contribution < -0.4 is 16.8 Å². The number of nitrogens with zero attached hydrogens (tertiary/aromatic N) is 3. The quantitative estimate of drug-likeness (QED) is 0.516. The lowest BCUT2D eigenvalue weighted by molar-refractivity contribution is -0.129. The minimum absolute atomic E-state index is 0.0934. The number of hydrazone groups is 1. The monoisotopic (exact) mass is 376 g/mol. The van der Waals surface area contributed by atoms with E-state index in [9.17, 15) is 9.59 Å². The molecule has 1 aliphatic rings. The fourth-order valence-corrected chi connectivity index (χ4v) is 2.69. The Labute approximate surface area is 159 Å². The molecule has 5 N–H and O–H groups in total. The Balaban J connectivity index is 2.11. The Kier molecular flexibility index (Phi) is 6.49. The third kappa shape index (κ3) is 6.36. The summed E-state index contributed by atoms with van der Waals surface area (Å²) in [7, 11) is 0. The highest BCUT2D eigenvalue weighted by molar-refractivity contribution is 5.86. The van der Waals surface area contributed by atoms with Crippen molar-refractivity contribution >= 4 is 18.0 Å². The van der Waals surface area contributed by atoms with Gasteiger partial charge in [0.1, 0.15) is 11.6 Å². The van der Waals surface area contributed by atoms with Gasteiger partial charge in [0.15, 0.2) is 0 Å². The van der Waals surface area contributed by atoms with Gasteiger partial charge in [0, 0.05) is 13.1 Å². The molecule has 0 saturated carbocycles. The number of hydrogen-bond donors (Lipinski definition) is 3. The zero-order valence-corrected chi connectivity index (χ0v) is 16.0. The smallest absolute Gasteiger partial charge is 0.411 e. The third-order valence-corrected chi connectivity index (χ3v) is 3.86. The van der Waals surface area contributed by atoms with E-state index >= 15 is 0 Å². The Morgan fingerprint density at radius 3 is 2.48 bits per heavy atom. The first kappa shape index (κ1) is 20.3. The van der Waals surface area contributed by atoms with Gasteiger partial charge in [0.2, 0.25) is 11.9 Å². The van der Waals surface area contributed by atoms with Crippen LogP contribution in [-0.2, 0) is 16.1 Å². The SMILES string of the molecule is CC(C)(C)OC(=O)N1CCN(N=C(N)N)CC1C(=O)NCc1ccccc1. The van der Waals surface area contributed by atoms with Crippen molar-refractivity contribution in [2.24, 2.45) is 16.6 Å². The average molecular weight is 376 g/mol. The molecule has 1 atom stereocenters. The minimum Gasteiger partial charge on any atom is -0.444 e. The first-order valence-electron chi connectivity index (χ1n) is 8.81. The van der Waals surface area contributed by atoms with E-state index in [1.54, 1.807) is 25.8 Å². The van der Waals surface area contributed by atoms with Gasteiger partial charge in [-0.2, -0.15) is 0 Å². The molecule has 1 aliphatic heterocycles. The normalized spacial score (nSPS) is 17.2. The van der Waals surface area contributed by atoms with Gasteiger partial charge < -0.3 is 21.5 Å². The number of ether oxygens (including phenoxy) is 1. The second kappa shape index (κ2) is 8.61. The largest absolute Gasteiger partial charge is 0.444 e. The molecule has 0 aromatic heterocycles. The van der Waals surface area contributed by atoms with Gasteiger partial charge in [0.05, 0.1) is 13.1 Å². The summed E-state index contributed by atoms with van der Waals surface area (Å²) in [5.74, 6) is -0.385. The van der Waals surface area contributed by atoms with Crippen LogP contribution in [0.4, 0.5) is 4.79 Å². The minimum atomic E-state index is -0.764. The van der Waals surface area contributed by atoms with Gasteiger partial charge in [-0.1, -0.05) is 30.3 Å². The van der Waals surface area contributed by atoms with Gasteiger partial charge in [0.25, 0.3) is 0 Å². The van der Waals surface area contributed by atoms with Gasteiger partial charge in [-0.25, -0.2) is 4.79 Å². The lowest BCUT2D eigenvalue weighted by Gasteiger charge is -2.39. The first-order chi connectivity index (χ1) is 12.7. The molecule has 2 amide bonds. The summed E-state index contributed by atoms with van der Waals surface area (Å²) in [5.41, 5.74) is 11.2. The van der Waals surface area contributed by atoms with Crippen molar-refractivity contribution < 1.29 is 14.3 Å². The molecular weight excluding hydrogens is 348 g/mol. The number of carbonyl (C=O) groups excluding carboxylic acids is 2. The van der Waals surface area contributed by atoms with E-state index in [0.717, 1.165) is 5.56 Å². The van der Waals surface area contributed by atoms with Gasteiger partial charge >= 0.3 is 6.09 Å². The predicted molar refractivity (Wildman–Crippen MR) is 102 cm³/mol. The molecule has 1 aromatic rings. The molecule has 1 fully saturated rings. The van der Waals surface area contributed by atoms with Crippen molar-refractivity contribution in [3.05, 3.63) is 35.9 Å². The van der Waals surface area contributed by atoms with Crippen LogP contribution in [0.3, 0.4) is 0 Å². The second-order valence-electron chi connectivity index (χ2n) is 7.33. The van der Waals surface area contributed by atoms with Gasteiger partial charge in [-0.15, -0.1) is 5.10 Å². The summed E-state index contributed by atoms with van der Waals surface area (Å²) in [6, 6.07) is 8.77. The van der Waals surface area contributed by atoms with E-state index in [2.05, 4.69) is 10.4 Å². The molecule has 0 aliphatic carbocycles. The number of amides is 2. The van der Waals surface area contributed by atoms with Crippen LogP contribution in [0.15, 0.2) is 35.4 Å². The molecule has 2 rings (SSSR count). The van der Waals surface area contributed by atoms with Crippen LogP contribution in [0.25, 0.3) is 0 Å². The Morgan fingerprint density at radius 2 is 1.89 bits per heavy atom. The van der Waals surface area contributed by atoms with E-state index in [1.807, 2.05) is 30.3 Å². The standard InChI is InChI=1S/C18H28N6O3/c1-18(2,3)27-17(26)24-10-9-23(22-16(19)20)12-14(24)15(25)21-11-13-7-5-4-6-8-13/h4-8,14H,9-12H2,1-3H3,(H,21,25)(H4,19,20,22). The number of benzene rings is 1. The maximum absolute atomic E-state index is 12.8. The summed E-state index contributed by atoms with van der Waals surface area (Å²) >= 11 is 0. The fraction of sp³-hybridized carbons (Fsp3) is 0.500. The molecule has 0 radical (unpaired) electrons. The number of nitrogens with one attached hydrogen (secondary N) is 1. The zero-order valence-electron chi connectivity index (χ0n) is 16.0. The van der Waals surface area contributed by atoms with Crippen molar-refractivity contribution in [1.29, 1.82) is 0 Å². The highest BCUT2D eigenvalue weighted by Crippen LogP contribution is 2.16. The number of piperazine rings is 1. The molecule has 1 heterocycles. The van der Waals surface area contributed by atoms with E-state index in [4.69, 9.17) is 16.2 Å². The Morgan fingerprint density at radius 1 is 1.22 bits per heavy atom. The van der Waals surface area contributed by atoms with Gasteiger partial charge in [-0.3, -0.25) is 14.7 Å². The highest BCUT2D eigenvalue weighted by Gasteiger charge is 2.37. The lowest BCUT2D eigenvalue weighted by Crippen LogP contribution is -2.60. The Bertz CT molecular complexity index is 682. The molecule has 27 heavy (non-hydrogen) atoms. The number of guanidine groups is 1. The maximum Gasteiger partial charge on any atom is 0.411 e. The summed E-state index contributed by atoms with van der Waals surface area (Å²) < 4.78 is 5.44. The predicted octanol–water partition coefficient (Wildman–Crippen LogP) is 0.413. The van der Waals surface area contributed by atoms with E-state index in [1.165, 1.54) is 4.90 Å². The summed E-state index contributed by atoms with van der Waals surface area (Å²) in [6.07, 6.45) is -0.535. The number of carbonyl (C=O) groups is 2. The van der Waals surface area contributed by atoms with Crippen LogP contribution >= 0.6 is 0 Å². The second-order valence-corrected chi connectivity index (χ2v) is 7.33. The summed E-state index contributed by atoms with van der Waals surface area (Å²) in [6.45, 7) is 6.56. The van der Waals surface area contributed by atoms with Crippen LogP contribution in [0.1, 0.15) is 26.3 Å². The van der Waals surface area contributed by atoms with Crippen molar-refractivity contribution in [2.75, 3.05) is 19.6 Å². The lowest BCUT2D eigenvalue weighted by atomic mass is 10.1. The van der Waals surface area contributed by atoms with E-state index < -0.39 is 17.7 Å². The number of nitrogens with two attached hydrogens (primary N) is 2. The molecule has 1 aromatic carbocycles. The van der Waals surface area contributed by atoms with Crippen molar-refractivity contribution in [1.82, 2.24) is 15.2 Å². The fourth-order valence-electron chi connectivity index (χ4n) is 2.69. The van der Waals surface area contributed by atoms with Crippen LogP contribution in [0.5, 0.6) is 0 Å². The summed E-state index contributed by atoms with van der Waals surface area (Å²) in [4.78, 5) is 26.8. The molecular formula is C18H28N6O3. The topological polar surface area (TPSA) is 126 Å². The highest BCUT2D eigenvalue weighted by atomic mass is 16.6. The first-order valence-corrected chi connectivity index (χ1v) is 8.81. The number of rotatable bonds is 4. The molecule has 1 unspecified atom stereocenters. The Hall–Kier alpha value is -2.97. The van der Waals surface area contributed by atoms with Crippen molar-refractivity contribution in [3.8, 4) is 0 Å². The van der Waals surface area contributed by atoms with E-state index in [0.29, 0.717) is 13.1 Å². The third-order valence-electron chi connectivity index (χ3n) is 3.86. The average Bonchev–Trinajstić information content (AvgIpc) is 2.58. The molecule has 0 spiro atoms. The van der Waals surface area contributed by atoms with Crippen LogP contribution in [0, 0.1) is 0 Å². The zero-order chi connectivity index (χ0) is 20.0. The molecule has 9 nitrogen and oxygen atoms in total. The molecule has 1 saturated heterocycles. The van der Waals surface area contributed by atoms with Crippen LogP contribution in [0.2, 0.25) is 0 Å².